The molecule has 57 heavy (non-hydrogen) atoms. The molecule has 12 heteroatoms. The number of aliphatic hydroxyl groups is 1. The van der Waals surface area contributed by atoms with Crippen molar-refractivity contribution in [1.29, 1.82) is 0 Å². The highest BCUT2D eigenvalue weighted by molar-refractivity contribution is 6.32. The Morgan fingerprint density at radius 3 is 2.53 bits per heavy atom. The van der Waals surface area contributed by atoms with Gasteiger partial charge in [0.2, 0.25) is 0 Å². The molecule has 0 saturated carbocycles. The first-order valence-corrected chi connectivity index (χ1v) is 20.5. The number of likely N-dealkylation sites (tertiary alicyclic amines) is 1. The monoisotopic (exact) mass is 798 g/mol. The molecule has 4 aromatic rings. The topological polar surface area (TPSA) is 142 Å². The number of aliphatic hydroxyl groups excluding tert-OH is 1. The van der Waals surface area contributed by atoms with E-state index in [1.54, 1.807) is 30.6 Å². The van der Waals surface area contributed by atoms with Crippen molar-refractivity contribution >= 4 is 23.5 Å². The quantitative estimate of drug-likeness (QED) is 0.118. The second-order valence-corrected chi connectivity index (χ2v) is 15.5. The van der Waals surface area contributed by atoms with Gasteiger partial charge in [-0.2, -0.15) is 0 Å². The standard InChI is InChI=1S/C45H55ClN4O7/c1-30-33(10-7-11-37(30)38-12-8-14-41(31(38)2)55-21-9-18-50-19-15-36(51)16-20-50)29-57-43-24-42-34(23-39(43)46)27-49-40(45(53)54)13-5-3-4-6-17-48-44(52)35-22-32(28-56-42)25-47-26-35/h7-8,10-12,14,22-26,36,40,49,51H,3-6,9,13,15-21,27-29H2,1-2H3,(H,48,52)(H,53,54)/t40-/m0/s1. The van der Waals surface area contributed by atoms with Crippen LogP contribution in [0.1, 0.15) is 89.5 Å². The van der Waals surface area contributed by atoms with E-state index in [2.05, 4.69) is 46.5 Å². The molecule has 0 aliphatic carbocycles. The minimum atomic E-state index is -0.911. The number of hydrogen-bond acceptors (Lipinski definition) is 9. The molecule has 1 aromatic heterocycles. The molecule has 6 rings (SSSR count). The van der Waals surface area contributed by atoms with E-state index in [1.807, 2.05) is 24.3 Å². The zero-order valence-electron chi connectivity index (χ0n) is 33.0. The average Bonchev–Trinajstić information content (AvgIpc) is 3.20. The Bertz CT molecular complexity index is 1980. The van der Waals surface area contributed by atoms with Crippen molar-refractivity contribution in [3.63, 3.8) is 0 Å². The van der Waals surface area contributed by atoms with Gasteiger partial charge in [-0.25, -0.2) is 0 Å². The van der Waals surface area contributed by atoms with Crippen molar-refractivity contribution in [3.8, 4) is 28.4 Å². The van der Waals surface area contributed by atoms with Crippen LogP contribution in [0.25, 0.3) is 11.1 Å². The third kappa shape index (κ3) is 11.7. The van der Waals surface area contributed by atoms with Gasteiger partial charge in [0, 0.05) is 62.3 Å². The van der Waals surface area contributed by atoms with Crippen LogP contribution >= 0.6 is 11.6 Å². The minimum Gasteiger partial charge on any atom is -0.493 e. The summed E-state index contributed by atoms with van der Waals surface area (Å²) < 4.78 is 19.0. The van der Waals surface area contributed by atoms with Gasteiger partial charge in [0.15, 0.2) is 0 Å². The Labute approximate surface area is 340 Å². The fraction of sp³-hybridized carbons (Fsp3) is 0.444. The summed E-state index contributed by atoms with van der Waals surface area (Å²) in [4.78, 5) is 31.6. The summed E-state index contributed by atoms with van der Waals surface area (Å²) in [5.41, 5.74) is 7.18. The average molecular weight is 799 g/mol. The zero-order valence-corrected chi connectivity index (χ0v) is 33.8. The van der Waals surface area contributed by atoms with Crippen LogP contribution < -0.4 is 24.8 Å². The summed E-state index contributed by atoms with van der Waals surface area (Å²) in [6.07, 6.45) is 9.41. The highest BCUT2D eigenvalue weighted by Crippen LogP contribution is 2.36. The summed E-state index contributed by atoms with van der Waals surface area (Å²) in [7, 11) is 0. The van der Waals surface area contributed by atoms with Crippen LogP contribution in [0.3, 0.4) is 0 Å². The maximum atomic E-state index is 12.8. The van der Waals surface area contributed by atoms with E-state index in [9.17, 15) is 19.8 Å². The van der Waals surface area contributed by atoms with E-state index in [0.717, 1.165) is 98.1 Å². The Balaban J connectivity index is 1.17. The smallest absolute Gasteiger partial charge is 0.320 e. The van der Waals surface area contributed by atoms with Gasteiger partial charge in [0.25, 0.3) is 5.91 Å². The van der Waals surface area contributed by atoms with E-state index in [4.69, 9.17) is 25.8 Å². The summed E-state index contributed by atoms with van der Waals surface area (Å²) in [6, 6.07) is 16.9. The number of carbonyl (C=O) groups excluding carboxylic acids is 1. The lowest BCUT2D eigenvalue weighted by molar-refractivity contribution is -0.139. The summed E-state index contributed by atoms with van der Waals surface area (Å²) >= 11 is 6.84. The fourth-order valence-corrected chi connectivity index (χ4v) is 7.69. The van der Waals surface area contributed by atoms with Crippen LogP contribution in [0.2, 0.25) is 5.02 Å². The number of halogens is 1. The first-order valence-electron chi connectivity index (χ1n) is 20.1. The van der Waals surface area contributed by atoms with Gasteiger partial charge in [-0.15, -0.1) is 0 Å². The zero-order chi connectivity index (χ0) is 40.1. The Hall–Kier alpha value is -4.68. The third-order valence-electron chi connectivity index (χ3n) is 10.9. The number of nitrogens with one attached hydrogen (secondary N) is 2. The molecule has 3 aromatic carbocycles. The summed E-state index contributed by atoms with van der Waals surface area (Å²) in [5.74, 6) is 0.670. The van der Waals surface area contributed by atoms with E-state index < -0.39 is 12.0 Å². The maximum Gasteiger partial charge on any atom is 0.320 e. The molecule has 2 aliphatic rings. The van der Waals surface area contributed by atoms with Crippen LogP contribution in [0.15, 0.2) is 67.0 Å². The van der Waals surface area contributed by atoms with Gasteiger partial charge in [-0.05, 0) is 92.0 Å². The van der Waals surface area contributed by atoms with E-state index in [-0.39, 0.29) is 31.8 Å². The largest absolute Gasteiger partial charge is 0.493 e. The molecule has 1 atom stereocenters. The molecule has 3 heterocycles. The number of carboxylic acids is 1. The van der Waals surface area contributed by atoms with Gasteiger partial charge in [-0.3, -0.25) is 14.6 Å². The molecule has 0 radical (unpaired) electrons. The van der Waals surface area contributed by atoms with Crippen molar-refractivity contribution in [2.45, 2.75) is 97.1 Å². The molecule has 1 amide bonds. The lowest BCUT2D eigenvalue weighted by Crippen LogP contribution is -2.36. The van der Waals surface area contributed by atoms with Crippen LogP contribution in [0, 0.1) is 13.8 Å². The molecule has 4 N–H and O–H groups in total. The van der Waals surface area contributed by atoms with Crippen LogP contribution in [-0.4, -0.2) is 76.9 Å². The van der Waals surface area contributed by atoms with Crippen molar-refractivity contribution in [1.82, 2.24) is 20.5 Å². The number of carbonyl (C=O) groups is 2. The molecule has 2 aliphatic heterocycles. The molecule has 304 valence electrons. The Morgan fingerprint density at radius 2 is 1.72 bits per heavy atom. The van der Waals surface area contributed by atoms with Crippen LogP contribution in [0.4, 0.5) is 0 Å². The van der Waals surface area contributed by atoms with Crippen molar-refractivity contribution in [2.24, 2.45) is 0 Å². The second-order valence-electron chi connectivity index (χ2n) is 15.1. The number of amides is 1. The van der Waals surface area contributed by atoms with Crippen molar-refractivity contribution in [3.05, 3.63) is 105 Å². The number of aromatic nitrogens is 1. The molecule has 2 bridgehead atoms. The van der Waals surface area contributed by atoms with Crippen molar-refractivity contribution < 1.29 is 34.0 Å². The SMILES string of the molecule is Cc1c(COc2cc3c(cc2Cl)CN[C@H](C(=O)O)CCCCCCNC(=O)c2cncc(c2)CO3)cccc1-c1cccc(OCCCN2CCC(O)CC2)c1C. The molecule has 0 unspecified atom stereocenters. The number of piperidine rings is 1. The number of pyridine rings is 1. The predicted molar refractivity (Wildman–Crippen MR) is 221 cm³/mol. The number of benzene rings is 3. The number of aliphatic carboxylic acids is 1. The predicted octanol–water partition coefficient (Wildman–Crippen LogP) is 7.64. The van der Waals surface area contributed by atoms with Gasteiger partial charge in [0.05, 0.1) is 23.3 Å². The molecule has 1 saturated heterocycles. The van der Waals surface area contributed by atoms with Gasteiger partial charge < -0.3 is 40.0 Å². The molecule has 11 nitrogen and oxygen atoms in total. The number of rotatable bonds is 10. The van der Waals surface area contributed by atoms with Crippen LogP contribution in [-0.2, 0) is 24.6 Å². The minimum absolute atomic E-state index is 0.122. The normalized spacial score (nSPS) is 17.7. The molecule has 0 spiro atoms. The first-order chi connectivity index (χ1) is 27.7. The Morgan fingerprint density at radius 1 is 0.947 bits per heavy atom. The molecular weight excluding hydrogens is 744 g/mol. The van der Waals surface area contributed by atoms with Gasteiger partial charge >= 0.3 is 5.97 Å². The fourth-order valence-electron chi connectivity index (χ4n) is 7.45. The van der Waals surface area contributed by atoms with Gasteiger partial charge in [0.1, 0.15) is 36.5 Å². The first kappa shape index (κ1) is 41.9. The summed E-state index contributed by atoms with van der Waals surface area (Å²) in [6.45, 7) is 8.76. The van der Waals surface area contributed by atoms with Crippen molar-refractivity contribution in [2.75, 3.05) is 32.8 Å². The van der Waals surface area contributed by atoms with E-state index in [0.29, 0.717) is 52.8 Å². The third-order valence-corrected chi connectivity index (χ3v) is 11.2. The number of carboxylic acid groups (broad SMARTS) is 1. The van der Waals surface area contributed by atoms with Crippen LogP contribution in [0.5, 0.6) is 17.2 Å². The number of ether oxygens (including phenoxy) is 3. The number of nitrogens with zero attached hydrogens (tertiary/aromatic N) is 2. The second kappa shape index (κ2) is 20.7. The Kier molecular flexibility index (Phi) is 15.2. The summed E-state index contributed by atoms with van der Waals surface area (Å²) in [5, 5.41) is 26.3. The molecular formula is C45H55ClN4O7. The lowest BCUT2D eigenvalue weighted by atomic mass is 9.93. The number of hydrogen-bond donors (Lipinski definition) is 4. The lowest BCUT2D eigenvalue weighted by Gasteiger charge is -2.29. The molecule has 1 fully saturated rings. The number of fused-ring (bicyclic) bond motifs is 3. The highest BCUT2D eigenvalue weighted by Gasteiger charge is 2.21. The van der Waals surface area contributed by atoms with E-state index in [1.165, 1.54) is 0 Å². The maximum absolute atomic E-state index is 12.8. The highest BCUT2D eigenvalue weighted by atomic mass is 35.5. The van der Waals surface area contributed by atoms with Gasteiger partial charge in [-0.1, -0.05) is 61.2 Å². The van der Waals surface area contributed by atoms with E-state index >= 15 is 0 Å².